The average molecular weight is 136 g/mol. The fourth-order valence-corrected chi connectivity index (χ4v) is 3.59. The van der Waals surface area contributed by atoms with E-state index in [1.165, 1.54) is 12.8 Å². The highest BCUT2D eigenvalue weighted by Crippen LogP contribution is 2.75. The van der Waals surface area contributed by atoms with Gasteiger partial charge < -0.3 is 0 Å². The molecule has 3 fully saturated rings. The van der Waals surface area contributed by atoms with Gasteiger partial charge in [-0.3, -0.25) is 4.79 Å². The maximum atomic E-state index is 11.3. The van der Waals surface area contributed by atoms with Crippen molar-refractivity contribution in [3.8, 4) is 0 Å². The Labute approximate surface area is 60.8 Å². The first-order valence-corrected chi connectivity index (χ1v) is 4.26. The Balaban J connectivity index is 2.08. The van der Waals surface area contributed by atoms with E-state index in [0.29, 0.717) is 17.1 Å². The second kappa shape index (κ2) is 1.19. The normalized spacial score (nSPS) is 62.9. The minimum absolute atomic E-state index is 0.500. The molecule has 0 radical (unpaired) electrons. The minimum atomic E-state index is 0.500. The molecular formula is C9H12O. The van der Waals surface area contributed by atoms with Crippen LogP contribution in [0.1, 0.15) is 26.2 Å². The quantitative estimate of drug-likeness (QED) is 0.494. The zero-order chi connectivity index (χ0) is 6.93. The zero-order valence-corrected chi connectivity index (χ0v) is 6.26. The van der Waals surface area contributed by atoms with Crippen molar-refractivity contribution in [3.63, 3.8) is 0 Å². The summed E-state index contributed by atoms with van der Waals surface area (Å²) in [6, 6.07) is 0. The van der Waals surface area contributed by atoms with Crippen LogP contribution in [0.5, 0.6) is 0 Å². The molecule has 1 nitrogen and oxygen atoms in total. The molecule has 0 bridgehead atoms. The highest BCUT2D eigenvalue weighted by Gasteiger charge is 2.73. The molecule has 3 aliphatic rings. The molecule has 0 heterocycles. The standard InChI is InChI=1S/C9H12O/c1-9-3-2-5-4-6(10)8(9)7(5)9/h5,7-8H,2-4H2,1H3. The summed E-state index contributed by atoms with van der Waals surface area (Å²) in [4.78, 5) is 11.3. The molecule has 0 amide bonds. The first kappa shape index (κ1) is 5.34. The van der Waals surface area contributed by atoms with Crippen molar-refractivity contribution in [2.75, 3.05) is 0 Å². The average Bonchev–Trinajstić information content (AvgIpc) is 2.18. The van der Waals surface area contributed by atoms with Crippen molar-refractivity contribution in [1.29, 1.82) is 0 Å². The van der Waals surface area contributed by atoms with Gasteiger partial charge in [-0.15, -0.1) is 0 Å². The predicted octanol–water partition coefficient (Wildman–Crippen LogP) is 1.62. The molecule has 0 saturated heterocycles. The van der Waals surface area contributed by atoms with Crippen molar-refractivity contribution in [2.45, 2.75) is 26.2 Å². The van der Waals surface area contributed by atoms with Crippen LogP contribution in [0.25, 0.3) is 0 Å². The number of Topliss-reactive ketones (excluding diaryl/α,β-unsaturated/α-hetero) is 1. The number of carbonyl (C=O) groups excluding carboxylic acids is 1. The maximum absolute atomic E-state index is 11.3. The van der Waals surface area contributed by atoms with Crippen molar-refractivity contribution in [1.82, 2.24) is 0 Å². The summed E-state index contributed by atoms with van der Waals surface area (Å²) in [5, 5.41) is 0. The van der Waals surface area contributed by atoms with Gasteiger partial charge in [0, 0.05) is 12.3 Å². The smallest absolute Gasteiger partial charge is 0.137 e. The van der Waals surface area contributed by atoms with E-state index < -0.39 is 0 Å². The van der Waals surface area contributed by atoms with E-state index in [1.807, 2.05) is 0 Å². The summed E-state index contributed by atoms with van der Waals surface area (Å²) in [5.74, 6) is 2.74. The van der Waals surface area contributed by atoms with Gasteiger partial charge in [0.25, 0.3) is 0 Å². The first-order valence-electron chi connectivity index (χ1n) is 4.26. The second-order valence-electron chi connectivity index (χ2n) is 4.48. The number of fused-ring (bicyclic) bond motifs is 1. The van der Waals surface area contributed by atoms with E-state index >= 15 is 0 Å². The largest absolute Gasteiger partial charge is 0.299 e. The van der Waals surface area contributed by atoms with Crippen LogP contribution in [0.4, 0.5) is 0 Å². The van der Waals surface area contributed by atoms with E-state index in [-0.39, 0.29) is 0 Å². The van der Waals surface area contributed by atoms with Gasteiger partial charge in [-0.05, 0) is 30.1 Å². The van der Waals surface area contributed by atoms with Gasteiger partial charge in [0.05, 0.1) is 0 Å². The highest BCUT2D eigenvalue weighted by atomic mass is 16.1. The molecule has 4 unspecified atom stereocenters. The van der Waals surface area contributed by atoms with Gasteiger partial charge in [0.1, 0.15) is 5.78 Å². The van der Waals surface area contributed by atoms with E-state index in [0.717, 1.165) is 18.3 Å². The Morgan fingerprint density at radius 2 is 2.40 bits per heavy atom. The topological polar surface area (TPSA) is 17.1 Å². The van der Waals surface area contributed by atoms with Crippen LogP contribution in [0.15, 0.2) is 0 Å². The third-order valence-electron chi connectivity index (χ3n) is 4.09. The lowest BCUT2D eigenvalue weighted by molar-refractivity contribution is -0.120. The molecule has 54 valence electrons. The van der Waals surface area contributed by atoms with Crippen LogP contribution in [-0.2, 0) is 4.79 Å². The molecule has 0 aliphatic heterocycles. The number of hydrogen-bond donors (Lipinski definition) is 0. The van der Waals surface area contributed by atoms with E-state index in [9.17, 15) is 4.79 Å². The Morgan fingerprint density at radius 1 is 1.60 bits per heavy atom. The molecule has 0 aromatic carbocycles. The molecule has 3 aliphatic carbocycles. The fraction of sp³-hybridized carbons (Fsp3) is 0.889. The Kier molecular flexibility index (Phi) is 0.637. The predicted molar refractivity (Wildman–Crippen MR) is 37.4 cm³/mol. The Morgan fingerprint density at radius 3 is 2.90 bits per heavy atom. The van der Waals surface area contributed by atoms with Crippen LogP contribution in [-0.4, -0.2) is 5.78 Å². The van der Waals surface area contributed by atoms with Crippen LogP contribution in [0.3, 0.4) is 0 Å². The molecule has 3 rings (SSSR count). The number of hydrogen-bond acceptors (Lipinski definition) is 1. The third kappa shape index (κ3) is 0.340. The van der Waals surface area contributed by atoms with Crippen molar-refractivity contribution < 1.29 is 4.79 Å². The van der Waals surface area contributed by atoms with Gasteiger partial charge in [0.15, 0.2) is 0 Å². The van der Waals surface area contributed by atoms with E-state index in [2.05, 4.69) is 6.92 Å². The summed E-state index contributed by atoms with van der Waals surface area (Å²) in [6.45, 7) is 2.30. The Bertz CT molecular complexity index is 221. The lowest BCUT2D eigenvalue weighted by Crippen LogP contribution is -2.05. The SMILES string of the molecule is CC12CCC3CC(=O)C1C32. The van der Waals surface area contributed by atoms with Gasteiger partial charge >= 0.3 is 0 Å². The highest BCUT2D eigenvalue weighted by molar-refractivity contribution is 5.89. The minimum Gasteiger partial charge on any atom is -0.299 e. The molecule has 0 aromatic rings. The molecule has 1 heteroatoms. The van der Waals surface area contributed by atoms with Crippen LogP contribution in [0.2, 0.25) is 0 Å². The molecule has 3 saturated carbocycles. The number of ketones is 1. The second-order valence-corrected chi connectivity index (χ2v) is 4.48. The zero-order valence-electron chi connectivity index (χ0n) is 6.26. The third-order valence-corrected chi connectivity index (χ3v) is 4.09. The monoisotopic (exact) mass is 136 g/mol. The van der Waals surface area contributed by atoms with Gasteiger partial charge in [-0.1, -0.05) is 6.92 Å². The Hall–Kier alpha value is -0.330. The lowest BCUT2D eigenvalue weighted by Gasteiger charge is -2.03. The lowest BCUT2D eigenvalue weighted by atomic mass is 10.0. The van der Waals surface area contributed by atoms with Crippen molar-refractivity contribution in [3.05, 3.63) is 0 Å². The summed E-state index contributed by atoms with van der Waals surface area (Å²) in [7, 11) is 0. The first-order chi connectivity index (χ1) is 4.73. The van der Waals surface area contributed by atoms with Crippen molar-refractivity contribution >= 4 is 5.78 Å². The number of rotatable bonds is 0. The van der Waals surface area contributed by atoms with Crippen molar-refractivity contribution in [2.24, 2.45) is 23.2 Å². The summed E-state index contributed by atoms with van der Waals surface area (Å²) in [6.07, 6.45) is 3.59. The van der Waals surface area contributed by atoms with Crippen LogP contribution >= 0.6 is 0 Å². The summed E-state index contributed by atoms with van der Waals surface area (Å²) < 4.78 is 0. The summed E-state index contributed by atoms with van der Waals surface area (Å²) >= 11 is 0. The molecule has 4 atom stereocenters. The maximum Gasteiger partial charge on any atom is 0.137 e. The van der Waals surface area contributed by atoms with Crippen LogP contribution in [0, 0.1) is 23.2 Å². The van der Waals surface area contributed by atoms with Gasteiger partial charge in [0.2, 0.25) is 0 Å². The summed E-state index contributed by atoms with van der Waals surface area (Å²) in [5.41, 5.74) is 0.500. The molecule has 0 N–H and O–H groups in total. The van der Waals surface area contributed by atoms with Crippen LogP contribution < -0.4 is 0 Å². The fourth-order valence-electron chi connectivity index (χ4n) is 3.59. The molecule has 0 aromatic heterocycles. The van der Waals surface area contributed by atoms with Gasteiger partial charge in [-0.2, -0.15) is 0 Å². The molecular weight excluding hydrogens is 124 g/mol. The van der Waals surface area contributed by atoms with Gasteiger partial charge in [-0.25, -0.2) is 0 Å². The number of carbonyl (C=O) groups is 1. The molecule has 10 heavy (non-hydrogen) atoms. The van der Waals surface area contributed by atoms with E-state index in [4.69, 9.17) is 0 Å². The molecule has 0 spiro atoms. The van der Waals surface area contributed by atoms with E-state index in [1.54, 1.807) is 0 Å².